The summed E-state index contributed by atoms with van der Waals surface area (Å²) >= 11 is 0. The summed E-state index contributed by atoms with van der Waals surface area (Å²) in [7, 11) is 4.62. The van der Waals surface area contributed by atoms with Crippen LogP contribution in [0.4, 0.5) is 4.39 Å². The molecule has 2 heterocycles. The number of carbonyl (C=O) groups is 1. The molecule has 3 rings (SSSR count). The molecule has 0 aliphatic rings. The van der Waals surface area contributed by atoms with Crippen molar-refractivity contribution in [1.82, 2.24) is 19.5 Å². The van der Waals surface area contributed by atoms with Crippen LogP contribution in [0.1, 0.15) is 30.8 Å². The number of aromatic nitrogens is 3. The highest BCUT2D eigenvalue weighted by Crippen LogP contribution is 2.30. The molecular weight excluding hydrogens is 439 g/mol. The minimum absolute atomic E-state index is 0.0727. The maximum Gasteiger partial charge on any atom is 0.227 e. The van der Waals surface area contributed by atoms with Gasteiger partial charge in [0.1, 0.15) is 0 Å². The van der Waals surface area contributed by atoms with Crippen molar-refractivity contribution >= 4 is 11.6 Å². The van der Waals surface area contributed by atoms with E-state index in [1.807, 2.05) is 19.9 Å². The van der Waals surface area contributed by atoms with Crippen molar-refractivity contribution in [2.45, 2.75) is 33.1 Å². The Morgan fingerprint density at radius 3 is 2.32 bits per heavy atom. The molecule has 0 radical (unpaired) electrons. The molecule has 0 fully saturated rings. The van der Waals surface area contributed by atoms with Crippen LogP contribution in [0.3, 0.4) is 0 Å². The second-order valence-electron chi connectivity index (χ2n) is 7.90. The van der Waals surface area contributed by atoms with Crippen molar-refractivity contribution in [2.24, 2.45) is 0 Å². The third kappa shape index (κ3) is 5.53. The van der Waals surface area contributed by atoms with Gasteiger partial charge in [-0.2, -0.15) is 5.10 Å². The predicted octanol–water partition coefficient (Wildman–Crippen LogP) is 3.33. The number of amides is 1. The van der Waals surface area contributed by atoms with Gasteiger partial charge in [0.15, 0.2) is 17.2 Å². The van der Waals surface area contributed by atoms with Gasteiger partial charge >= 0.3 is 0 Å². The fourth-order valence-corrected chi connectivity index (χ4v) is 3.85. The molecule has 0 saturated carbocycles. The SMILES string of the molecule is CCc1cc(CC)n2nc(-c3ccc(OC)c(F)c3)c(CC(=O)N(CCOC)CCOC)c2n1. The van der Waals surface area contributed by atoms with Crippen LogP contribution in [0.2, 0.25) is 0 Å². The number of hydrogen-bond donors (Lipinski definition) is 0. The number of nitrogens with zero attached hydrogens (tertiary/aromatic N) is 4. The number of hydrogen-bond acceptors (Lipinski definition) is 6. The number of methoxy groups -OCH3 is 3. The Bertz CT molecular complexity index is 1120. The number of carbonyl (C=O) groups excluding carboxylic acids is 1. The first kappa shape index (κ1) is 25.6. The quantitative estimate of drug-likeness (QED) is 0.402. The van der Waals surface area contributed by atoms with Gasteiger partial charge in [0, 0.05) is 49.8 Å². The lowest BCUT2D eigenvalue weighted by molar-refractivity contribution is -0.131. The lowest BCUT2D eigenvalue weighted by Gasteiger charge is -2.22. The Morgan fingerprint density at radius 1 is 1.06 bits per heavy atom. The molecule has 0 atom stereocenters. The Kier molecular flexibility index (Phi) is 8.95. The lowest BCUT2D eigenvalue weighted by atomic mass is 10.0. The molecule has 0 spiro atoms. The predicted molar refractivity (Wildman–Crippen MR) is 128 cm³/mol. The Hall–Kier alpha value is -3.04. The van der Waals surface area contributed by atoms with Crippen LogP contribution in [0.25, 0.3) is 16.9 Å². The average molecular weight is 473 g/mol. The highest BCUT2D eigenvalue weighted by molar-refractivity contribution is 5.85. The first-order chi connectivity index (χ1) is 16.5. The van der Waals surface area contributed by atoms with Crippen molar-refractivity contribution < 1.29 is 23.4 Å². The molecule has 9 heteroatoms. The molecule has 0 aliphatic heterocycles. The van der Waals surface area contributed by atoms with Gasteiger partial charge in [0.25, 0.3) is 0 Å². The summed E-state index contributed by atoms with van der Waals surface area (Å²) in [5, 5.41) is 4.79. The smallest absolute Gasteiger partial charge is 0.227 e. The summed E-state index contributed by atoms with van der Waals surface area (Å²) in [5.41, 5.74) is 4.27. The van der Waals surface area contributed by atoms with E-state index in [0.29, 0.717) is 48.8 Å². The molecule has 2 aromatic heterocycles. The summed E-state index contributed by atoms with van der Waals surface area (Å²) < 4.78 is 31.8. The van der Waals surface area contributed by atoms with Gasteiger partial charge in [-0.15, -0.1) is 0 Å². The zero-order chi connectivity index (χ0) is 24.7. The van der Waals surface area contributed by atoms with Crippen LogP contribution in [0.15, 0.2) is 24.3 Å². The summed E-state index contributed by atoms with van der Waals surface area (Å²) in [6.07, 6.45) is 1.57. The van der Waals surface area contributed by atoms with Crippen molar-refractivity contribution in [3.8, 4) is 17.0 Å². The molecule has 1 aromatic carbocycles. The second-order valence-corrected chi connectivity index (χ2v) is 7.90. The van der Waals surface area contributed by atoms with E-state index >= 15 is 0 Å². The molecule has 0 bridgehead atoms. The normalized spacial score (nSPS) is 11.2. The molecule has 0 aliphatic carbocycles. The van der Waals surface area contributed by atoms with Crippen LogP contribution in [-0.4, -0.2) is 73.0 Å². The monoisotopic (exact) mass is 472 g/mol. The van der Waals surface area contributed by atoms with Crippen molar-refractivity contribution in [3.05, 3.63) is 47.0 Å². The van der Waals surface area contributed by atoms with Crippen molar-refractivity contribution in [1.29, 1.82) is 0 Å². The average Bonchev–Trinajstić information content (AvgIpc) is 3.21. The van der Waals surface area contributed by atoms with Gasteiger partial charge in [0.2, 0.25) is 5.91 Å². The lowest BCUT2D eigenvalue weighted by Crippen LogP contribution is -2.37. The van der Waals surface area contributed by atoms with Crippen LogP contribution < -0.4 is 4.74 Å². The standard InChI is InChI=1S/C25H33FN4O4/c1-6-18-15-19(7-2)30-25(27-18)20(16-23(31)29(10-12-32-3)11-13-33-4)24(28-30)17-8-9-22(34-5)21(26)14-17/h8-9,14-15H,6-7,10-13,16H2,1-5H3. The number of ether oxygens (including phenoxy) is 3. The summed E-state index contributed by atoms with van der Waals surface area (Å²) in [5.74, 6) is -0.439. The minimum atomic E-state index is -0.492. The first-order valence-electron chi connectivity index (χ1n) is 11.5. The Balaban J connectivity index is 2.14. The van der Waals surface area contributed by atoms with Crippen molar-refractivity contribution in [3.63, 3.8) is 0 Å². The third-order valence-electron chi connectivity index (χ3n) is 5.77. The number of halogens is 1. The van der Waals surface area contributed by atoms with Gasteiger partial charge < -0.3 is 19.1 Å². The van der Waals surface area contributed by atoms with E-state index in [1.165, 1.54) is 13.2 Å². The molecule has 0 unspecified atom stereocenters. The number of benzene rings is 1. The summed E-state index contributed by atoms with van der Waals surface area (Å²) in [6.45, 7) is 5.80. The molecular formula is C25H33FN4O4. The Labute approximate surface area is 199 Å². The van der Waals surface area contributed by atoms with Crippen LogP contribution >= 0.6 is 0 Å². The van der Waals surface area contributed by atoms with Crippen LogP contribution in [-0.2, 0) is 33.5 Å². The zero-order valence-corrected chi connectivity index (χ0v) is 20.6. The largest absolute Gasteiger partial charge is 0.494 e. The van der Waals surface area contributed by atoms with E-state index in [0.717, 1.165) is 24.2 Å². The van der Waals surface area contributed by atoms with Gasteiger partial charge in [-0.3, -0.25) is 4.79 Å². The molecule has 184 valence electrons. The molecule has 1 amide bonds. The van der Waals surface area contributed by atoms with E-state index < -0.39 is 5.82 Å². The van der Waals surface area contributed by atoms with Crippen LogP contribution in [0.5, 0.6) is 5.75 Å². The van der Waals surface area contributed by atoms with Crippen LogP contribution in [0, 0.1) is 5.82 Å². The van der Waals surface area contributed by atoms with E-state index in [9.17, 15) is 9.18 Å². The molecule has 3 aromatic rings. The molecule has 34 heavy (non-hydrogen) atoms. The highest BCUT2D eigenvalue weighted by atomic mass is 19.1. The van der Waals surface area contributed by atoms with Gasteiger partial charge in [0.05, 0.1) is 32.4 Å². The number of fused-ring (bicyclic) bond motifs is 1. The summed E-state index contributed by atoms with van der Waals surface area (Å²) in [6, 6.07) is 6.72. The fourth-order valence-electron chi connectivity index (χ4n) is 3.85. The second kappa shape index (κ2) is 11.9. The highest BCUT2D eigenvalue weighted by Gasteiger charge is 2.24. The van der Waals surface area contributed by atoms with E-state index in [2.05, 4.69) is 0 Å². The van der Waals surface area contributed by atoms with Gasteiger partial charge in [-0.25, -0.2) is 13.9 Å². The van der Waals surface area contributed by atoms with E-state index in [4.69, 9.17) is 24.3 Å². The first-order valence-corrected chi connectivity index (χ1v) is 11.5. The van der Waals surface area contributed by atoms with Gasteiger partial charge in [-0.1, -0.05) is 13.8 Å². The molecule has 0 saturated heterocycles. The van der Waals surface area contributed by atoms with E-state index in [1.54, 1.807) is 35.8 Å². The van der Waals surface area contributed by atoms with Crippen molar-refractivity contribution in [2.75, 3.05) is 47.6 Å². The van der Waals surface area contributed by atoms with Gasteiger partial charge in [-0.05, 0) is 37.1 Å². The topological polar surface area (TPSA) is 78.2 Å². The third-order valence-corrected chi connectivity index (χ3v) is 5.77. The fraction of sp³-hybridized carbons (Fsp3) is 0.480. The molecule has 8 nitrogen and oxygen atoms in total. The van der Waals surface area contributed by atoms with E-state index in [-0.39, 0.29) is 18.1 Å². The molecule has 0 N–H and O–H groups in total. The maximum absolute atomic E-state index is 14.6. The number of aryl methyl sites for hydroxylation is 2. The maximum atomic E-state index is 14.6. The number of rotatable bonds is 12. The summed E-state index contributed by atoms with van der Waals surface area (Å²) in [4.78, 5) is 19.9. The zero-order valence-electron chi connectivity index (χ0n) is 20.6. The minimum Gasteiger partial charge on any atom is -0.494 e. The Morgan fingerprint density at radius 2 is 1.76 bits per heavy atom.